The summed E-state index contributed by atoms with van der Waals surface area (Å²) in [5, 5.41) is 5.95. The van der Waals surface area contributed by atoms with Crippen molar-refractivity contribution in [2.75, 3.05) is 7.11 Å². The van der Waals surface area contributed by atoms with E-state index < -0.39 is 0 Å². The van der Waals surface area contributed by atoms with E-state index in [0.29, 0.717) is 12.6 Å². The minimum absolute atomic E-state index is 0.0641. The molecule has 0 aromatic heterocycles. The molecule has 0 aliphatic heterocycles. The number of ether oxygens (including phenoxy) is 1. The maximum Gasteiger partial charge on any atom is 0.315 e. The lowest BCUT2D eigenvalue weighted by molar-refractivity contribution is 0.236. The van der Waals surface area contributed by atoms with Gasteiger partial charge in [0.05, 0.1) is 7.11 Å². The van der Waals surface area contributed by atoms with Gasteiger partial charge in [-0.2, -0.15) is 0 Å². The molecule has 1 saturated carbocycles. The van der Waals surface area contributed by atoms with Crippen LogP contribution in [0.15, 0.2) is 18.2 Å². The third-order valence-corrected chi connectivity index (χ3v) is 3.87. The van der Waals surface area contributed by atoms with Gasteiger partial charge in [0.1, 0.15) is 5.75 Å². The molecule has 2 rings (SSSR count). The van der Waals surface area contributed by atoms with Crippen molar-refractivity contribution in [3.8, 4) is 5.75 Å². The fourth-order valence-corrected chi connectivity index (χ4v) is 2.71. The Morgan fingerprint density at radius 1 is 1.35 bits per heavy atom. The highest BCUT2D eigenvalue weighted by Crippen LogP contribution is 2.20. The molecule has 20 heavy (non-hydrogen) atoms. The Kier molecular flexibility index (Phi) is 5.27. The molecule has 2 amide bonds. The van der Waals surface area contributed by atoms with Gasteiger partial charge in [-0.25, -0.2) is 4.79 Å². The number of amides is 2. The van der Waals surface area contributed by atoms with Gasteiger partial charge in [-0.15, -0.1) is 0 Å². The lowest BCUT2D eigenvalue weighted by Crippen LogP contribution is -2.40. The van der Waals surface area contributed by atoms with E-state index in [9.17, 15) is 4.79 Å². The van der Waals surface area contributed by atoms with Crippen molar-refractivity contribution in [2.24, 2.45) is 0 Å². The van der Waals surface area contributed by atoms with E-state index in [1.54, 1.807) is 7.11 Å². The molecule has 2 N–H and O–H groups in total. The molecule has 0 spiro atoms. The van der Waals surface area contributed by atoms with Crippen LogP contribution in [0.5, 0.6) is 5.75 Å². The molecule has 0 radical (unpaired) electrons. The van der Waals surface area contributed by atoms with E-state index in [4.69, 9.17) is 4.74 Å². The van der Waals surface area contributed by atoms with Crippen LogP contribution in [-0.4, -0.2) is 19.2 Å². The first-order valence-electron chi connectivity index (χ1n) is 7.43. The van der Waals surface area contributed by atoms with Gasteiger partial charge in [0.2, 0.25) is 0 Å². The largest absolute Gasteiger partial charge is 0.496 e. The van der Waals surface area contributed by atoms with Crippen LogP contribution in [-0.2, 0) is 13.0 Å². The number of nitrogens with one attached hydrogen (secondary N) is 2. The van der Waals surface area contributed by atoms with Crippen LogP contribution in [0, 0.1) is 0 Å². The summed E-state index contributed by atoms with van der Waals surface area (Å²) in [6, 6.07) is 6.34. The fourth-order valence-electron chi connectivity index (χ4n) is 2.71. The zero-order chi connectivity index (χ0) is 14.4. The van der Waals surface area contributed by atoms with Crippen molar-refractivity contribution in [2.45, 2.75) is 51.6 Å². The van der Waals surface area contributed by atoms with Gasteiger partial charge >= 0.3 is 6.03 Å². The molecule has 0 bridgehead atoms. The van der Waals surface area contributed by atoms with E-state index in [1.165, 1.54) is 18.4 Å². The maximum atomic E-state index is 11.8. The standard InChI is InChI=1S/C16H24N2O2/c1-3-13-10-12(8-9-15(13)20-2)11-17-16(19)18-14-6-4-5-7-14/h8-10,14H,3-7,11H2,1-2H3,(H2,17,18,19). The highest BCUT2D eigenvalue weighted by Gasteiger charge is 2.16. The molecular weight excluding hydrogens is 252 g/mol. The smallest absolute Gasteiger partial charge is 0.315 e. The molecule has 1 aromatic carbocycles. The third kappa shape index (κ3) is 3.89. The Bertz CT molecular complexity index is 454. The number of carbonyl (C=O) groups excluding carboxylic acids is 1. The van der Waals surface area contributed by atoms with Crippen LogP contribution in [0.25, 0.3) is 0 Å². The average molecular weight is 276 g/mol. The molecule has 1 aromatic rings. The summed E-state index contributed by atoms with van der Waals surface area (Å²) in [5.41, 5.74) is 2.27. The summed E-state index contributed by atoms with van der Waals surface area (Å²) >= 11 is 0. The van der Waals surface area contributed by atoms with Crippen LogP contribution >= 0.6 is 0 Å². The molecular formula is C16H24N2O2. The Balaban J connectivity index is 1.85. The first-order chi connectivity index (χ1) is 9.72. The SMILES string of the molecule is CCc1cc(CNC(=O)NC2CCCC2)ccc1OC. The van der Waals surface area contributed by atoms with Gasteiger partial charge < -0.3 is 15.4 Å². The number of carbonyl (C=O) groups is 1. The Labute approximate surface area is 120 Å². The zero-order valence-electron chi connectivity index (χ0n) is 12.4. The number of urea groups is 1. The quantitative estimate of drug-likeness (QED) is 0.868. The van der Waals surface area contributed by atoms with E-state index in [0.717, 1.165) is 30.6 Å². The van der Waals surface area contributed by atoms with E-state index in [1.807, 2.05) is 12.1 Å². The third-order valence-electron chi connectivity index (χ3n) is 3.87. The molecule has 0 heterocycles. The fraction of sp³-hybridized carbons (Fsp3) is 0.562. The van der Waals surface area contributed by atoms with Crippen LogP contribution in [0.3, 0.4) is 0 Å². The Morgan fingerprint density at radius 3 is 2.75 bits per heavy atom. The topological polar surface area (TPSA) is 50.4 Å². The molecule has 1 aliphatic rings. The normalized spacial score (nSPS) is 15.1. The number of hydrogen-bond acceptors (Lipinski definition) is 2. The van der Waals surface area contributed by atoms with Crippen LogP contribution in [0.2, 0.25) is 0 Å². The van der Waals surface area contributed by atoms with Crippen molar-refractivity contribution >= 4 is 6.03 Å². The number of benzene rings is 1. The number of aryl methyl sites for hydroxylation is 1. The van der Waals surface area contributed by atoms with Crippen LogP contribution < -0.4 is 15.4 Å². The minimum atomic E-state index is -0.0641. The average Bonchev–Trinajstić information content (AvgIpc) is 2.97. The maximum absolute atomic E-state index is 11.8. The first-order valence-corrected chi connectivity index (χ1v) is 7.43. The van der Waals surface area contributed by atoms with Gasteiger partial charge in [0.25, 0.3) is 0 Å². The van der Waals surface area contributed by atoms with E-state index in [2.05, 4.69) is 23.6 Å². The van der Waals surface area contributed by atoms with E-state index >= 15 is 0 Å². The van der Waals surface area contributed by atoms with Gasteiger partial charge in [0, 0.05) is 12.6 Å². The van der Waals surface area contributed by atoms with Crippen LogP contribution in [0.4, 0.5) is 4.79 Å². The van der Waals surface area contributed by atoms with Crippen molar-refractivity contribution < 1.29 is 9.53 Å². The van der Waals surface area contributed by atoms with Gasteiger partial charge in [0.15, 0.2) is 0 Å². The summed E-state index contributed by atoms with van der Waals surface area (Å²) in [6.07, 6.45) is 5.59. The molecule has 4 heteroatoms. The second-order valence-electron chi connectivity index (χ2n) is 5.31. The highest BCUT2D eigenvalue weighted by atomic mass is 16.5. The summed E-state index contributed by atoms with van der Waals surface area (Å²) in [6.45, 7) is 2.65. The minimum Gasteiger partial charge on any atom is -0.496 e. The zero-order valence-corrected chi connectivity index (χ0v) is 12.4. The monoisotopic (exact) mass is 276 g/mol. The lowest BCUT2D eigenvalue weighted by atomic mass is 10.1. The highest BCUT2D eigenvalue weighted by molar-refractivity contribution is 5.74. The van der Waals surface area contributed by atoms with Crippen molar-refractivity contribution in [3.05, 3.63) is 29.3 Å². The van der Waals surface area contributed by atoms with Crippen LogP contribution in [0.1, 0.15) is 43.7 Å². The predicted molar refractivity (Wildman–Crippen MR) is 80.0 cm³/mol. The molecule has 110 valence electrons. The molecule has 1 aliphatic carbocycles. The number of hydrogen-bond donors (Lipinski definition) is 2. The van der Waals surface area contributed by atoms with Gasteiger partial charge in [-0.1, -0.05) is 31.9 Å². The molecule has 0 atom stereocenters. The first kappa shape index (κ1) is 14.7. The Morgan fingerprint density at radius 2 is 2.10 bits per heavy atom. The van der Waals surface area contributed by atoms with Gasteiger partial charge in [-0.05, 0) is 36.5 Å². The van der Waals surface area contributed by atoms with Crippen molar-refractivity contribution in [1.29, 1.82) is 0 Å². The molecule has 0 unspecified atom stereocenters. The second kappa shape index (κ2) is 7.17. The van der Waals surface area contributed by atoms with E-state index in [-0.39, 0.29) is 6.03 Å². The summed E-state index contributed by atoms with van der Waals surface area (Å²) in [5.74, 6) is 0.909. The number of rotatable bonds is 5. The van der Waals surface area contributed by atoms with Crippen molar-refractivity contribution in [3.63, 3.8) is 0 Å². The summed E-state index contributed by atoms with van der Waals surface area (Å²) < 4.78 is 5.31. The molecule has 1 fully saturated rings. The summed E-state index contributed by atoms with van der Waals surface area (Å²) in [4.78, 5) is 11.8. The molecule has 0 saturated heterocycles. The predicted octanol–water partition coefficient (Wildman–Crippen LogP) is 3.00. The molecule has 4 nitrogen and oxygen atoms in total. The van der Waals surface area contributed by atoms with Gasteiger partial charge in [-0.3, -0.25) is 0 Å². The summed E-state index contributed by atoms with van der Waals surface area (Å²) in [7, 11) is 1.68. The lowest BCUT2D eigenvalue weighted by Gasteiger charge is -2.14. The van der Waals surface area contributed by atoms with Crippen molar-refractivity contribution in [1.82, 2.24) is 10.6 Å². The Hall–Kier alpha value is -1.71. The second-order valence-corrected chi connectivity index (χ2v) is 5.31. The number of methoxy groups -OCH3 is 1.